The molecule has 0 N–H and O–H groups in total. The number of hydrogen-bond donors (Lipinski definition) is 0. The van der Waals surface area contributed by atoms with Gasteiger partial charge in [0, 0.05) is 6.07 Å². The zero-order chi connectivity index (χ0) is 15.0. The highest BCUT2D eigenvalue weighted by atomic mass is 32.2. The Morgan fingerprint density at radius 2 is 1.90 bits per heavy atom. The smallest absolute Gasteiger partial charge is 0.405 e. The first-order valence-electron chi connectivity index (χ1n) is 5.97. The van der Waals surface area contributed by atoms with Crippen LogP contribution in [0.4, 0.5) is 13.2 Å². The molecule has 112 valence electrons. The topological polar surface area (TPSA) is 52.6 Å². The maximum absolute atomic E-state index is 12.2. The minimum absolute atomic E-state index is 0.185. The van der Waals surface area contributed by atoms with Gasteiger partial charge in [-0.15, -0.1) is 13.2 Å². The van der Waals surface area contributed by atoms with Gasteiger partial charge in [0.15, 0.2) is 0 Å². The molecule has 0 aromatic heterocycles. The van der Waals surface area contributed by atoms with Crippen LogP contribution in [-0.2, 0) is 14.3 Å². The monoisotopic (exact) mass is 310 g/mol. The van der Waals surface area contributed by atoms with Crippen molar-refractivity contribution in [1.82, 2.24) is 0 Å². The highest BCUT2D eigenvalue weighted by Gasteiger charge is 2.33. The minimum atomic E-state index is -4.87. The lowest BCUT2D eigenvalue weighted by molar-refractivity contribution is -0.274. The van der Waals surface area contributed by atoms with Crippen LogP contribution in [-0.4, -0.2) is 20.9 Å². The predicted molar refractivity (Wildman–Crippen MR) is 63.8 cm³/mol. The molecule has 0 bridgehead atoms. The van der Waals surface area contributed by atoms with Crippen LogP contribution in [0.25, 0.3) is 0 Å². The lowest BCUT2D eigenvalue weighted by atomic mass is 9.97. The number of halogens is 3. The first kappa shape index (κ1) is 15.1. The second-order valence-electron chi connectivity index (χ2n) is 4.58. The molecule has 20 heavy (non-hydrogen) atoms. The van der Waals surface area contributed by atoms with E-state index in [4.69, 9.17) is 4.18 Å². The van der Waals surface area contributed by atoms with Gasteiger partial charge in [0.05, 0.1) is 11.0 Å². The van der Waals surface area contributed by atoms with Gasteiger partial charge in [-0.2, -0.15) is 8.42 Å². The largest absolute Gasteiger partial charge is 0.573 e. The zero-order valence-electron chi connectivity index (χ0n) is 10.6. The molecule has 2 rings (SSSR count). The Labute approximate surface area is 114 Å². The van der Waals surface area contributed by atoms with Crippen molar-refractivity contribution in [3.05, 3.63) is 23.8 Å². The number of alkyl halides is 3. The second-order valence-corrected chi connectivity index (χ2v) is 6.15. The fourth-order valence-electron chi connectivity index (χ4n) is 1.67. The van der Waals surface area contributed by atoms with Crippen molar-refractivity contribution in [3.8, 4) is 5.75 Å². The lowest BCUT2D eigenvalue weighted by Crippen LogP contribution is -2.25. The van der Waals surface area contributed by atoms with Crippen LogP contribution in [0.5, 0.6) is 5.75 Å². The Kier molecular flexibility index (Phi) is 3.97. The minimum Gasteiger partial charge on any atom is -0.405 e. The van der Waals surface area contributed by atoms with Gasteiger partial charge in [-0.25, -0.2) is 0 Å². The van der Waals surface area contributed by atoms with Crippen molar-refractivity contribution >= 4 is 10.1 Å². The van der Waals surface area contributed by atoms with Crippen molar-refractivity contribution in [1.29, 1.82) is 0 Å². The Morgan fingerprint density at radius 1 is 1.25 bits per heavy atom. The van der Waals surface area contributed by atoms with E-state index >= 15 is 0 Å². The summed E-state index contributed by atoms with van der Waals surface area (Å²) in [6, 6.07) is 3.28. The van der Waals surface area contributed by atoms with E-state index in [1.807, 2.05) is 0 Å². The Hall–Kier alpha value is -1.28. The molecule has 0 amide bonds. The summed E-state index contributed by atoms with van der Waals surface area (Å²) >= 11 is 0. The lowest BCUT2D eigenvalue weighted by Gasteiger charge is -2.24. The molecule has 1 aliphatic rings. The van der Waals surface area contributed by atoms with Crippen LogP contribution < -0.4 is 4.74 Å². The third kappa shape index (κ3) is 3.63. The van der Waals surface area contributed by atoms with Crippen LogP contribution in [0.3, 0.4) is 0 Å². The summed E-state index contributed by atoms with van der Waals surface area (Å²) in [5, 5.41) is 0. The van der Waals surface area contributed by atoms with Gasteiger partial charge in [-0.1, -0.05) is 6.07 Å². The van der Waals surface area contributed by atoms with Crippen LogP contribution in [0.15, 0.2) is 23.1 Å². The van der Waals surface area contributed by atoms with Crippen LogP contribution in [0, 0.1) is 6.92 Å². The Bertz CT molecular complexity index is 591. The highest BCUT2D eigenvalue weighted by molar-refractivity contribution is 7.86. The molecule has 0 radical (unpaired) electrons. The van der Waals surface area contributed by atoms with Crippen molar-refractivity contribution in [2.75, 3.05) is 0 Å². The average Bonchev–Trinajstić information content (AvgIpc) is 2.25. The molecule has 1 fully saturated rings. The zero-order valence-corrected chi connectivity index (χ0v) is 11.4. The Morgan fingerprint density at radius 3 is 2.40 bits per heavy atom. The van der Waals surface area contributed by atoms with Gasteiger partial charge >= 0.3 is 6.36 Å². The summed E-state index contributed by atoms with van der Waals surface area (Å²) in [6.45, 7) is 1.39. The average molecular weight is 310 g/mol. The van der Waals surface area contributed by atoms with E-state index in [-0.39, 0.29) is 16.6 Å². The van der Waals surface area contributed by atoms with Crippen molar-refractivity contribution in [2.24, 2.45) is 0 Å². The molecule has 0 spiro atoms. The number of rotatable bonds is 4. The second kappa shape index (κ2) is 5.25. The van der Waals surface area contributed by atoms with E-state index in [0.29, 0.717) is 12.8 Å². The van der Waals surface area contributed by atoms with E-state index in [2.05, 4.69) is 4.74 Å². The maximum Gasteiger partial charge on any atom is 0.573 e. The number of aryl methyl sites for hydroxylation is 1. The molecule has 0 unspecified atom stereocenters. The fraction of sp³-hybridized carbons (Fsp3) is 0.500. The number of benzene rings is 1. The van der Waals surface area contributed by atoms with Gasteiger partial charge in [0.25, 0.3) is 10.1 Å². The van der Waals surface area contributed by atoms with Crippen molar-refractivity contribution in [3.63, 3.8) is 0 Å². The highest BCUT2D eigenvalue weighted by Crippen LogP contribution is 2.31. The summed E-state index contributed by atoms with van der Waals surface area (Å²) in [6.07, 6.45) is -3.10. The van der Waals surface area contributed by atoms with E-state index in [1.165, 1.54) is 19.1 Å². The summed E-state index contributed by atoms with van der Waals surface area (Å²) in [4.78, 5) is -0.339. The van der Waals surface area contributed by atoms with E-state index in [0.717, 1.165) is 12.5 Å². The standard InChI is InChI=1S/C12H13F3O4S/c1-8-5-6-10(7-11(8)18-12(13,14)15)20(16,17)19-9-3-2-4-9/h5-7,9H,2-4H2,1H3. The van der Waals surface area contributed by atoms with Crippen molar-refractivity contribution in [2.45, 2.75) is 43.5 Å². The van der Waals surface area contributed by atoms with Gasteiger partial charge in [0.1, 0.15) is 5.75 Å². The number of hydrogen-bond acceptors (Lipinski definition) is 4. The quantitative estimate of drug-likeness (QED) is 0.802. The molecule has 0 atom stereocenters. The first-order valence-corrected chi connectivity index (χ1v) is 7.38. The normalized spacial score (nSPS) is 16.8. The molecule has 0 saturated heterocycles. The molecule has 0 heterocycles. The van der Waals surface area contributed by atoms with E-state index < -0.39 is 22.2 Å². The molecular weight excluding hydrogens is 297 g/mol. The van der Waals surface area contributed by atoms with E-state index in [1.54, 1.807) is 0 Å². The number of ether oxygens (including phenoxy) is 1. The molecule has 4 nitrogen and oxygen atoms in total. The summed E-state index contributed by atoms with van der Waals surface area (Å²) < 4.78 is 69.2. The molecular formula is C12H13F3O4S. The van der Waals surface area contributed by atoms with Gasteiger partial charge in [0.2, 0.25) is 0 Å². The predicted octanol–water partition coefficient (Wildman–Crippen LogP) is 3.15. The fourth-order valence-corrected chi connectivity index (χ4v) is 2.82. The van der Waals surface area contributed by atoms with Gasteiger partial charge in [-0.05, 0) is 37.8 Å². The third-order valence-corrected chi connectivity index (χ3v) is 4.35. The summed E-state index contributed by atoms with van der Waals surface area (Å²) in [5.41, 5.74) is 0.185. The van der Waals surface area contributed by atoms with Gasteiger partial charge < -0.3 is 4.74 Å². The van der Waals surface area contributed by atoms with Gasteiger partial charge in [-0.3, -0.25) is 4.18 Å². The third-order valence-electron chi connectivity index (χ3n) is 2.99. The molecule has 1 aromatic rings. The molecule has 0 aliphatic heterocycles. The Balaban J connectivity index is 2.25. The molecule has 8 heteroatoms. The van der Waals surface area contributed by atoms with Crippen LogP contribution in [0.2, 0.25) is 0 Å². The SMILES string of the molecule is Cc1ccc(S(=O)(=O)OC2CCC2)cc1OC(F)(F)F. The van der Waals surface area contributed by atoms with Crippen LogP contribution in [0.1, 0.15) is 24.8 Å². The summed E-state index contributed by atoms with van der Waals surface area (Å²) in [7, 11) is -4.06. The molecule has 1 aromatic carbocycles. The van der Waals surface area contributed by atoms with Crippen LogP contribution >= 0.6 is 0 Å². The van der Waals surface area contributed by atoms with E-state index in [9.17, 15) is 21.6 Å². The molecule has 1 saturated carbocycles. The first-order chi connectivity index (χ1) is 9.17. The molecule has 1 aliphatic carbocycles. The van der Waals surface area contributed by atoms with Crippen molar-refractivity contribution < 1.29 is 30.5 Å². The summed E-state index contributed by atoms with van der Waals surface area (Å²) in [5.74, 6) is -0.546. The maximum atomic E-state index is 12.2.